The van der Waals surface area contributed by atoms with Crippen molar-refractivity contribution in [3.05, 3.63) is 40.5 Å². The monoisotopic (exact) mass is 454 g/mol. The van der Waals surface area contributed by atoms with Crippen molar-refractivity contribution in [1.29, 1.82) is 5.26 Å². The van der Waals surface area contributed by atoms with Crippen LogP contribution in [-0.2, 0) is 19.1 Å². The SMILES string of the molecule is COc1cc(/C=C2/C(=O)N(CCCOC(C)=O)C(=O)C(C#N)=C2C)ccc1OCCC(C)C. The summed E-state index contributed by atoms with van der Waals surface area (Å²) in [5.41, 5.74) is 1.14. The van der Waals surface area contributed by atoms with Gasteiger partial charge in [0, 0.05) is 19.0 Å². The zero-order chi connectivity index (χ0) is 24.5. The van der Waals surface area contributed by atoms with Gasteiger partial charge in [-0.2, -0.15) is 5.26 Å². The van der Waals surface area contributed by atoms with Crippen molar-refractivity contribution in [3.63, 3.8) is 0 Å². The lowest BCUT2D eigenvalue weighted by atomic mass is 9.93. The van der Waals surface area contributed by atoms with Gasteiger partial charge in [0.15, 0.2) is 11.5 Å². The first-order valence-electron chi connectivity index (χ1n) is 10.8. The Morgan fingerprint density at radius 3 is 2.52 bits per heavy atom. The van der Waals surface area contributed by atoms with E-state index >= 15 is 0 Å². The van der Waals surface area contributed by atoms with Crippen molar-refractivity contribution in [2.75, 3.05) is 26.9 Å². The van der Waals surface area contributed by atoms with Crippen molar-refractivity contribution >= 4 is 23.9 Å². The second kappa shape index (κ2) is 11.9. The summed E-state index contributed by atoms with van der Waals surface area (Å²) in [6.07, 6.45) is 2.81. The number of carbonyl (C=O) groups excluding carboxylic acids is 3. The van der Waals surface area contributed by atoms with Gasteiger partial charge in [0.1, 0.15) is 11.6 Å². The lowest BCUT2D eigenvalue weighted by Gasteiger charge is -2.27. The maximum atomic E-state index is 13.1. The summed E-state index contributed by atoms with van der Waals surface area (Å²) in [5.74, 6) is 0.0457. The van der Waals surface area contributed by atoms with E-state index in [9.17, 15) is 19.6 Å². The molecule has 176 valence electrons. The summed E-state index contributed by atoms with van der Waals surface area (Å²) in [4.78, 5) is 37.7. The predicted molar refractivity (Wildman–Crippen MR) is 122 cm³/mol. The van der Waals surface area contributed by atoms with Gasteiger partial charge in [-0.3, -0.25) is 19.3 Å². The van der Waals surface area contributed by atoms with Crippen LogP contribution in [0.15, 0.2) is 34.9 Å². The lowest BCUT2D eigenvalue weighted by Crippen LogP contribution is -2.43. The number of carbonyl (C=O) groups is 3. The molecule has 0 saturated heterocycles. The van der Waals surface area contributed by atoms with E-state index in [2.05, 4.69) is 13.8 Å². The van der Waals surface area contributed by atoms with Crippen LogP contribution < -0.4 is 9.47 Å². The Hall–Kier alpha value is -3.60. The van der Waals surface area contributed by atoms with Gasteiger partial charge in [-0.15, -0.1) is 0 Å². The zero-order valence-corrected chi connectivity index (χ0v) is 19.8. The zero-order valence-electron chi connectivity index (χ0n) is 19.8. The number of esters is 1. The molecule has 1 aliphatic rings. The van der Waals surface area contributed by atoms with Crippen molar-refractivity contribution < 1.29 is 28.6 Å². The molecule has 8 nitrogen and oxygen atoms in total. The van der Waals surface area contributed by atoms with E-state index in [1.54, 1.807) is 31.2 Å². The average Bonchev–Trinajstić information content (AvgIpc) is 2.76. The van der Waals surface area contributed by atoms with Gasteiger partial charge in [0.05, 0.1) is 20.3 Å². The molecule has 0 aromatic heterocycles. The molecule has 1 aromatic carbocycles. The van der Waals surface area contributed by atoms with E-state index in [4.69, 9.17) is 14.2 Å². The summed E-state index contributed by atoms with van der Waals surface area (Å²) in [6.45, 7) is 7.77. The number of hydrogen-bond donors (Lipinski definition) is 0. The highest BCUT2D eigenvalue weighted by Gasteiger charge is 2.35. The van der Waals surface area contributed by atoms with Crippen LogP contribution in [0.4, 0.5) is 0 Å². The first-order valence-corrected chi connectivity index (χ1v) is 10.8. The number of rotatable bonds is 10. The summed E-state index contributed by atoms with van der Waals surface area (Å²) in [6, 6.07) is 7.20. The molecular formula is C25H30N2O6. The molecule has 33 heavy (non-hydrogen) atoms. The highest BCUT2D eigenvalue weighted by molar-refractivity contribution is 6.19. The molecule has 0 unspecified atom stereocenters. The Morgan fingerprint density at radius 2 is 1.91 bits per heavy atom. The third-order valence-corrected chi connectivity index (χ3v) is 5.11. The quantitative estimate of drug-likeness (QED) is 0.230. The Kier molecular flexibility index (Phi) is 9.22. The topological polar surface area (TPSA) is 106 Å². The van der Waals surface area contributed by atoms with E-state index in [0.29, 0.717) is 35.2 Å². The molecule has 8 heteroatoms. The van der Waals surface area contributed by atoms with Crippen LogP contribution in [0.25, 0.3) is 6.08 Å². The number of benzene rings is 1. The molecule has 0 saturated carbocycles. The summed E-state index contributed by atoms with van der Waals surface area (Å²) >= 11 is 0. The molecule has 1 aliphatic heterocycles. The normalized spacial score (nSPS) is 15.2. The fraction of sp³-hybridized carbons (Fsp3) is 0.440. The number of imide groups is 1. The minimum Gasteiger partial charge on any atom is -0.493 e. The Labute approximate surface area is 194 Å². The van der Waals surface area contributed by atoms with Crippen molar-refractivity contribution in [3.8, 4) is 17.6 Å². The van der Waals surface area contributed by atoms with Crippen molar-refractivity contribution in [2.45, 2.75) is 40.5 Å². The molecule has 0 spiro atoms. The Balaban J connectivity index is 2.32. The average molecular weight is 455 g/mol. The number of amides is 2. The van der Waals surface area contributed by atoms with E-state index in [1.807, 2.05) is 6.07 Å². The van der Waals surface area contributed by atoms with Gasteiger partial charge < -0.3 is 14.2 Å². The molecule has 0 atom stereocenters. The largest absolute Gasteiger partial charge is 0.493 e. The van der Waals surface area contributed by atoms with E-state index in [0.717, 1.165) is 11.3 Å². The van der Waals surface area contributed by atoms with Gasteiger partial charge in [-0.1, -0.05) is 19.9 Å². The minimum absolute atomic E-state index is 0.0344. The number of nitriles is 1. The van der Waals surface area contributed by atoms with Gasteiger partial charge in [0.2, 0.25) is 0 Å². The molecule has 2 amide bonds. The number of ether oxygens (including phenoxy) is 3. The van der Waals surface area contributed by atoms with Crippen LogP contribution in [0.2, 0.25) is 0 Å². The first-order chi connectivity index (χ1) is 15.7. The first kappa shape index (κ1) is 25.7. The standard InChI is InChI=1S/C25H30N2O6/c1-16(2)9-12-33-22-8-7-19(14-23(22)31-5)13-20-17(3)21(15-26)25(30)27(24(20)29)10-6-11-32-18(4)28/h7-8,13-14,16H,6,9-12H2,1-5H3/b20-13+. The Bertz CT molecular complexity index is 1020. The molecule has 0 radical (unpaired) electrons. The molecule has 0 fully saturated rings. The van der Waals surface area contributed by atoms with Crippen LogP contribution in [0.1, 0.15) is 46.1 Å². The van der Waals surface area contributed by atoms with Crippen LogP contribution in [0.5, 0.6) is 11.5 Å². The molecule has 1 aromatic rings. The summed E-state index contributed by atoms with van der Waals surface area (Å²) in [5, 5.41) is 9.50. The molecule has 0 bridgehead atoms. The number of nitrogens with zero attached hydrogens (tertiary/aromatic N) is 2. The molecule has 0 N–H and O–H groups in total. The maximum Gasteiger partial charge on any atom is 0.302 e. The molecular weight excluding hydrogens is 424 g/mol. The highest BCUT2D eigenvalue weighted by Crippen LogP contribution is 2.32. The summed E-state index contributed by atoms with van der Waals surface area (Å²) < 4.78 is 16.1. The smallest absolute Gasteiger partial charge is 0.302 e. The van der Waals surface area contributed by atoms with E-state index in [-0.39, 0.29) is 30.7 Å². The third kappa shape index (κ3) is 6.69. The van der Waals surface area contributed by atoms with Crippen molar-refractivity contribution in [1.82, 2.24) is 4.90 Å². The predicted octanol–water partition coefficient (Wildman–Crippen LogP) is 3.67. The second-order valence-corrected chi connectivity index (χ2v) is 8.07. The van der Waals surface area contributed by atoms with Crippen LogP contribution in [0, 0.1) is 17.2 Å². The highest BCUT2D eigenvalue weighted by atomic mass is 16.5. The van der Waals surface area contributed by atoms with Crippen molar-refractivity contribution in [2.24, 2.45) is 5.92 Å². The number of hydrogen-bond acceptors (Lipinski definition) is 7. The van der Waals surface area contributed by atoms with Gasteiger partial charge in [0.25, 0.3) is 11.8 Å². The van der Waals surface area contributed by atoms with Crippen LogP contribution in [-0.4, -0.2) is 49.6 Å². The van der Waals surface area contributed by atoms with Crippen LogP contribution in [0.3, 0.4) is 0 Å². The van der Waals surface area contributed by atoms with Crippen LogP contribution >= 0.6 is 0 Å². The fourth-order valence-corrected chi connectivity index (χ4v) is 3.24. The Morgan fingerprint density at radius 1 is 1.18 bits per heavy atom. The summed E-state index contributed by atoms with van der Waals surface area (Å²) in [7, 11) is 1.54. The number of methoxy groups -OCH3 is 1. The fourth-order valence-electron chi connectivity index (χ4n) is 3.24. The van der Waals surface area contributed by atoms with E-state index < -0.39 is 17.8 Å². The van der Waals surface area contributed by atoms with Gasteiger partial charge in [-0.05, 0) is 55.0 Å². The molecule has 2 rings (SSSR count). The lowest BCUT2D eigenvalue weighted by molar-refractivity contribution is -0.141. The minimum atomic E-state index is -0.647. The maximum absolute atomic E-state index is 13.1. The van der Waals surface area contributed by atoms with E-state index in [1.165, 1.54) is 14.0 Å². The van der Waals surface area contributed by atoms with Gasteiger partial charge in [-0.25, -0.2) is 0 Å². The second-order valence-electron chi connectivity index (χ2n) is 8.07. The van der Waals surface area contributed by atoms with Gasteiger partial charge >= 0.3 is 5.97 Å². The molecule has 0 aliphatic carbocycles. The molecule has 1 heterocycles. The third-order valence-electron chi connectivity index (χ3n) is 5.11.